The van der Waals surface area contributed by atoms with Crippen LogP contribution in [0.1, 0.15) is 0 Å². The van der Waals surface area contributed by atoms with Crippen molar-refractivity contribution in [1.29, 1.82) is 0 Å². The van der Waals surface area contributed by atoms with Gasteiger partial charge in [0, 0.05) is 0 Å². The molecular weight excluding hydrogens is 320 g/mol. The number of hydrogen-bond acceptors (Lipinski definition) is 11. The Morgan fingerprint density at radius 3 is 1.91 bits per heavy atom. The highest BCUT2D eigenvalue weighted by Gasteiger charge is 2.44. The summed E-state index contributed by atoms with van der Waals surface area (Å²) in [6, 6.07) is 0. The Bertz CT molecular complexity index is 341. The minimum atomic E-state index is -1.86. The fraction of sp³-hybridized carbons (Fsp3) is 1.00. The van der Waals surface area contributed by atoms with Crippen molar-refractivity contribution in [2.75, 3.05) is 19.8 Å². The molecule has 0 aromatic heterocycles. The van der Waals surface area contributed by atoms with E-state index in [0.29, 0.717) is 0 Å². The zero-order valence-electron chi connectivity index (χ0n) is 12.2. The van der Waals surface area contributed by atoms with Gasteiger partial charge in [0.1, 0.15) is 48.8 Å². The first-order valence-corrected chi connectivity index (χ1v) is 6.99. The number of ether oxygens (including phenoxy) is 2. The molecular formula is C12H24O11. The molecule has 0 amide bonds. The zero-order chi connectivity index (χ0) is 17.7. The van der Waals surface area contributed by atoms with Crippen LogP contribution in [0.2, 0.25) is 0 Å². The minimum Gasteiger partial charge on any atom is -0.394 e. The normalized spacial score (nSPS) is 37.2. The predicted octanol–water partition coefficient (Wildman–Crippen LogP) is -5.76. The van der Waals surface area contributed by atoms with Gasteiger partial charge in [-0.3, -0.25) is 0 Å². The SMILES string of the molecule is OC[C@@H](O)[C@@H](O)[C@H](O)[C@H](O)CO[C@@H]1O[C@H](CO)[C@H](O)[C@H](O)[C@H]1O. The molecule has 0 radical (unpaired) electrons. The molecule has 0 aromatic rings. The van der Waals surface area contributed by atoms with Gasteiger partial charge < -0.3 is 55.4 Å². The van der Waals surface area contributed by atoms with Crippen molar-refractivity contribution < 1.29 is 55.4 Å². The summed E-state index contributed by atoms with van der Waals surface area (Å²) < 4.78 is 9.99. The first-order chi connectivity index (χ1) is 10.7. The molecule has 11 heteroatoms. The van der Waals surface area contributed by atoms with Crippen LogP contribution in [-0.4, -0.2) is 121 Å². The summed E-state index contributed by atoms with van der Waals surface area (Å²) in [4.78, 5) is 0. The summed E-state index contributed by atoms with van der Waals surface area (Å²) in [5.41, 5.74) is 0. The average Bonchev–Trinajstić information content (AvgIpc) is 2.56. The highest BCUT2D eigenvalue weighted by Crippen LogP contribution is 2.22. The molecule has 0 aliphatic carbocycles. The lowest BCUT2D eigenvalue weighted by molar-refractivity contribution is -0.306. The molecule has 23 heavy (non-hydrogen) atoms. The summed E-state index contributed by atoms with van der Waals surface area (Å²) in [7, 11) is 0. The quantitative estimate of drug-likeness (QED) is 0.203. The van der Waals surface area contributed by atoms with Crippen molar-refractivity contribution in [3.8, 4) is 0 Å². The molecule has 9 N–H and O–H groups in total. The maximum atomic E-state index is 9.70. The average molecular weight is 344 g/mol. The lowest BCUT2D eigenvalue weighted by Gasteiger charge is -2.40. The lowest BCUT2D eigenvalue weighted by atomic mass is 9.99. The van der Waals surface area contributed by atoms with Gasteiger partial charge >= 0.3 is 0 Å². The van der Waals surface area contributed by atoms with E-state index >= 15 is 0 Å². The first kappa shape index (κ1) is 20.6. The van der Waals surface area contributed by atoms with Gasteiger partial charge in [-0.1, -0.05) is 0 Å². The van der Waals surface area contributed by atoms with Crippen molar-refractivity contribution in [2.45, 2.75) is 55.1 Å². The van der Waals surface area contributed by atoms with Gasteiger partial charge in [-0.2, -0.15) is 0 Å². The molecule has 0 unspecified atom stereocenters. The summed E-state index contributed by atoms with van der Waals surface area (Å²) in [5.74, 6) is 0. The van der Waals surface area contributed by atoms with Crippen molar-refractivity contribution in [2.24, 2.45) is 0 Å². The summed E-state index contributed by atoms with van der Waals surface area (Å²) in [6.45, 7) is -2.16. The molecule has 0 spiro atoms. The Hall–Kier alpha value is -0.440. The molecule has 1 saturated heterocycles. The highest BCUT2D eigenvalue weighted by atomic mass is 16.7. The molecule has 0 saturated carbocycles. The minimum absolute atomic E-state index is 0.655. The maximum absolute atomic E-state index is 9.70. The van der Waals surface area contributed by atoms with Crippen LogP contribution in [0.5, 0.6) is 0 Å². The molecule has 0 aromatic carbocycles. The van der Waals surface area contributed by atoms with E-state index in [2.05, 4.69) is 0 Å². The Kier molecular flexibility index (Phi) is 8.20. The van der Waals surface area contributed by atoms with Crippen LogP contribution < -0.4 is 0 Å². The van der Waals surface area contributed by atoms with Gasteiger partial charge in [0.2, 0.25) is 0 Å². The van der Waals surface area contributed by atoms with Gasteiger partial charge in [-0.15, -0.1) is 0 Å². The maximum Gasteiger partial charge on any atom is 0.186 e. The Balaban J connectivity index is 2.55. The van der Waals surface area contributed by atoms with Crippen LogP contribution in [0.25, 0.3) is 0 Å². The fourth-order valence-corrected chi connectivity index (χ4v) is 2.06. The molecule has 9 atom stereocenters. The third-order valence-corrected chi connectivity index (χ3v) is 3.61. The topological polar surface area (TPSA) is 201 Å². The second-order valence-corrected chi connectivity index (χ2v) is 5.33. The second-order valence-electron chi connectivity index (χ2n) is 5.33. The van der Waals surface area contributed by atoms with Crippen LogP contribution in [0.4, 0.5) is 0 Å². The Morgan fingerprint density at radius 2 is 1.39 bits per heavy atom. The zero-order valence-corrected chi connectivity index (χ0v) is 12.2. The number of aliphatic hydroxyl groups is 9. The van der Waals surface area contributed by atoms with E-state index < -0.39 is 74.9 Å². The summed E-state index contributed by atoms with van der Waals surface area (Å²) in [6.07, 6.45) is -14.7. The van der Waals surface area contributed by atoms with E-state index in [9.17, 15) is 35.7 Å². The summed E-state index contributed by atoms with van der Waals surface area (Å²) in [5, 5.41) is 84.4. The van der Waals surface area contributed by atoms with Gasteiger partial charge in [0.15, 0.2) is 6.29 Å². The largest absolute Gasteiger partial charge is 0.394 e. The van der Waals surface area contributed by atoms with Crippen LogP contribution >= 0.6 is 0 Å². The number of rotatable bonds is 8. The van der Waals surface area contributed by atoms with Gasteiger partial charge in [0.25, 0.3) is 0 Å². The van der Waals surface area contributed by atoms with Crippen LogP contribution in [0, 0.1) is 0 Å². The molecule has 1 fully saturated rings. The Morgan fingerprint density at radius 1 is 0.826 bits per heavy atom. The second kappa shape index (κ2) is 9.15. The van der Waals surface area contributed by atoms with E-state index in [4.69, 9.17) is 19.7 Å². The predicted molar refractivity (Wildman–Crippen MR) is 70.8 cm³/mol. The molecule has 0 bridgehead atoms. The summed E-state index contributed by atoms with van der Waals surface area (Å²) >= 11 is 0. The van der Waals surface area contributed by atoms with E-state index in [1.54, 1.807) is 0 Å². The van der Waals surface area contributed by atoms with Crippen LogP contribution in [-0.2, 0) is 9.47 Å². The lowest BCUT2D eigenvalue weighted by Crippen LogP contribution is -2.59. The fourth-order valence-electron chi connectivity index (χ4n) is 2.06. The molecule has 1 heterocycles. The number of aliphatic hydroxyl groups excluding tert-OH is 9. The van der Waals surface area contributed by atoms with Crippen molar-refractivity contribution in [3.63, 3.8) is 0 Å². The molecule has 138 valence electrons. The van der Waals surface area contributed by atoms with Crippen molar-refractivity contribution in [1.82, 2.24) is 0 Å². The van der Waals surface area contributed by atoms with E-state index in [0.717, 1.165) is 0 Å². The van der Waals surface area contributed by atoms with Crippen molar-refractivity contribution in [3.05, 3.63) is 0 Å². The van der Waals surface area contributed by atoms with Gasteiger partial charge in [-0.25, -0.2) is 0 Å². The van der Waals surface area contributed by atoms with E-state index in [1.807, 2.05) is 0 Å². The standard InChI is InChI=1S/C12H24O11/c13-1-4(15)7(17)8(18)5(16)3-22-12-11(21)10(20)9(19)6(2-14)23-12/h4-21H,1-3H2/t4-,5-,6-,7-,8-,9+,10+,11-,12-/m1/s1. The third-order valence-electron chi connectivity index (χ3n) is 3.61. The smallest absolute Gasteiger partial charge is 0.186 e. The van der Waals surface area contributed by atoms with Crippen LogP contribution in [0.3, 0.4) is 0 Å². The molecule has 11 nitrogen and oxygen atoms in total. The first-order valence-electron chi connectivity index (χ1n) is 6.99. The number of hydrogen-bond donors (Lipinski definition) is 9. The van der Waals surface area contributed by atoms with Gasteiger partial charge in [-0.05, 0) is 0 Å². The Labute approximate surface area is 131 Å². The van der Waals surface area contributed by atoms with Gasteiger partial charge in [0.05, 0.1) is 19.8 Å². The van der Waals surface area contributed by atoms with Crippen LogP contribution in [0.15, 0.2) is 0 Å². The van der Waals surface area contributed by atoms with Crippen molar-refractivity contribution >= 4 is 0 Å². The van der Waals surface area contributed by atoms with E-state index in [1.165, 1.54) is 0 Å². The molecule has 1 aliphatic rings. The molecule has 1 aliphatic heterocycles. The van der Waals surface area contributed by atoms with E-state index in [-0.39, 0.29) is 0 Å². The molecule has 1 rings (SSSR count). The monoisotopic (exact) mass is 344 g/mol. The third kappa shape index (κ3) is 5.01. The highest BCUT2D eigenvalue weighted by molar-refractivity contribution is 4.89.